The van der Waals surface area contributed by atoms with Crippen LogP contribution in [0.15, 0.2) is 22.7 Å². The number of hydrogen-bond donors (Lipinski definition) is 0. The van der Waals surface area contributed by atoms with Crippen LogP contribution in [0.2, 0.25) is 0 Å². The monoisotopic (exact) mass is 423 g/mol. The summed E-state index contributed by atoms with van der Waals surface area (Å²) in [4.78, 5) is 14.0. The lowest BCUT2D eigenvalue weighted by molar-refractivity contribution is -0.275. The van der Waals surface area contributed by atoms with E-state index in [1.807, 2.05) is 0 Å². The summed E-state index contributed by atoms with van der Waals surface area (Å²) in [6.07, 6.45) is -2.73. The van der Waals surface area contributed by atoms with Crippen molar-refractivity contribution in [2.24, 2.45) is 0 Å². The average molecular weight is 424 g/mol. The van der Waals surface area contributed by atoms with Crippen molar-refractivity contribution in [3.63, 3.8) is 0 Å². The van der Waals surface area contributed by atoms with Crippen LogP contribution in [-0.4, -0.2) is 29.0 Å². The number of carbonyl (C=O) groups is 1. The Morgan fingerprint density at radius 1 is 1.28 bits per heavy atom. The number of rotatable bonds is 4. The molecule has 4 nitrogen and oxygen atoms in total. The van der Waals surface area contributed by atoms with Crippen LogP contribution in [0.25, 0.3) is 0 Å². The number of amides is 1. The van der Waals surface area contributed by atoms with Gasteiger partial charge in [0.25, 0.3) is 0 Å². The Bertz CT molecular complexity index is 625. The predicted molar refractivity (Wildman–Crippen MR) is 90.2 cm³/mol. The maximum Gasteiger partial charge on any atom is 0.573 e. The first-order valence-electron chi connectivity index (χ1n) is 7.98. The SMILES string of the molecule is CC(C)(C)OC(=O)N(Cc1cc(Br)ccc1OC(F)(F)F)C1CCC1. The number of hydrogen-bond acceptors (Lipinski definition) is 3. The van der Waals surface area contributed by atoms with E-state index in [0.717, 1.165) is 19.3 Å². The summed E-state index contributed by atoms with van der Waals surface area (Å²) in [5.41, 5.74) is -0.411. The molecule has 1 aliphatic carbocycles. The molecule has 1 amide bonds. The highest BCUT2D eigenvalue weighted by atomic mass is 79.9. The van der Waals surface area contributed by atoms with Gasteiger partial charge >= 0.3 is 12.5 Å². The van der Waals surface area contributed by atoms with Crippen LogP contribution in [0.5, 0.6) is 5.75 Å². The highest BCUT2D eigenvalue weighted by molar-refractivity contribution is 9.10. The van der Waals surface area contributed by atoms with Gasteiger partial charge in [0.15, 0.2) is 0 Å². The molecule has 140 valence electrons. The molecule has 25 heavy (non-hydrogen) atoms. The van der Waals surface area contributed by atoms with E-state index < -0.39 is 18.1 Å². The zero-order chi connectivity index (χ0) is 18.8. The minimum atomic E-state index is -4.80. The highest BCUT2D eigenvalue weighted by Crippen LogP contribution is 2.33. The molecule has 2 rings (SSSR count). The second-order valence-electron chi connectivity index (χ2n) is 6.99. The molecule has 0 heterocycles. The summed E-state index contributed by atoms with van der Waals surface area (Å²) in [5.74, 6) is -0.316. The number of halogens is 4. The van der Waals surface area contributed by atoms with E-state index in [0.29, 0.717) is 4.47 Å². The third-order valence-corrected chi connectivity index (χ3v) is 4.23. The standard InChI is InChI=1S/C17H21BrF3NO3/c1-16(2,3)25-15(23)22(13-5-4-6-13)10-11-9-12(18)7-8-14(11)24-17(19,20)21/h7-9,13H,4-6,10H2,1-3H3. The van der Waals surface area contributed by atoms with Crippen molar-refractivity contribution >= 4 is 22.0 Å². The quantitative estimate of drug-likeness (QED) is 0.628. The summed E-state index contributed by atoms with van der Waals surface area (Å²) >= 11 is 3.25. The largest absolute Gasteiger partial charge is 0.573 e. The lowest BCUT2D eigenvalue weighted by Crippen LogP contribution is -2.46. The van der Waals surface area contributed by atoms with E-state index in [-0.39, 0.29) is 23.9 Å². The zero-order valence-electron chi connectivity index (χ0n) is 14.3. The van der Waals surface area contributed by atoms with Gasteiger partial charge in [-0.3, -0.25) is 0 Å². The smallest absolute Gasteiger partial charge is 0.444 e. The molecular formula is C17H21BrF3NO3. The maximum absolute atomic E-state index is 12.6. The predicted octanol–water partition coefficient (Wildman–Crippen LogP) is 5.64. The maximum atomic E-state index is 12.6. The number of nitrogens with zero attached hydrogens (tertiary/aromatic N) is 1. The van der Waals surface area contributed by atoms with E-state index in [2.05, 4.69) is 20.7 Å². The van der Waals surface area contributed by atoms with Gasteiger partial charge in [0, 0.05) is 16.1 Å². The van der Waals surface area contributed by atoms with Gasteiger partial charge in [0.1, 0.15) is 11.4 Å². The summed E-state index contributed by atoms with van der Waals surface area (Å²) < 4.78 is 48.0. The van der Waals surface area contributed by atoms with Crippen molar-refractivity contribution in [3.8, 4) is 5.75 Å². The van der Waals surface area contributed by atoms with Crippen LogP contribution in [0.3, 0.4) is 0 Å². The first kappa shape index (κ1) is 19.9. The van der Waals surface area contributed by atoms with Gasteiger partial charge in [-0.2, -0.15) is 0 Å². The topological polar surface area (TPSA) is 38.8 Å². The van der Waals surface area contributed by atoms with Crippen LogP contribution in [0.1, 0.15) is 45.6 Å². The van der Waals surface area contributed by atoms with E-state index in [4.69, 9.17) is 4.74 Å². The van der Waals surface area contributed by atoms with Crippen molar-refractivity contribution in [1.82, 2.24) is 4.90 Å². The van der Waals surface area contributed by atoms with Gasteiger partial charge in [-0.1, -0.05) is 15.9 Å². The van der Waals surface area contributed by atoms with Crippen molar-refractivity contribution in [1.29, 1.82) is 0 Å². The number of benzene rings is 1. The Kier molecular flexibility index (Phi) is 5.91. The first-order chi connectivity index (χ1) is 11.4. The van der Waals surface area contributed by atoms with Crippen LogP contribution in [0.4, 0.5) is 18.0 Å². The lowest BCUT2D eigenvalue weighted by Gasteiger charge is -2.38. The zero-order valence-corrected chi connectivity index (χ0v) is 15.9. The Hall–Kier alpha value is -1.44. The molecule has 1 aliphatic rings. The molecule has 0 atom stereocenters. The molecule has 1 saturated carbocycles. The Morgan fingerprint density at radius 2 is 1.92 bits per heavy atom. The Balaban J connectivity index is 2.26. The van der Waals surface area contributed by atoms with Gasteiger partial charge in [-0.05, 0) is 58.2 Å². The Morgan fingerprint density at radius 3 is 2.40 bits per heavy atom. The number of alkyl halides is 3. The molecule has 1 aromatic carbocycles. The molecule has 0 saturated heterocycles. The highest BCUT2D eigenvalue weighted by Gasteiger charge is 2.35. The van der Waals surface area contributed by atoms with E-state index in [1.165, 1.54) is 23.1 Å². The summed E-state index contributed by atoms with van der Waals surface area (Å²) in [6.45, 7) is 5.24. The molecule has 0 radical (unpaired) electrons. The van der Waals surface area contributed by atoms with Crippen molar-refractivity contribution < 1.29 is 27.4 Å². The van der Waals surface area contributed by atoms with Crippen LogP contribution < -0.4 is 4.74 Å². The Labute approximate surface area is 153 Å². The van der Waals surface area contributed by atoms with Crippen LogP contribution >= 0.6 is 15.9 Å². The average Bonchev–Trinajstić information content (AvgIpc) is 2.35. The second kappa shape index (κ2) is 7.43. The van der Waals surface area contributed by atoms with Crippen molar-refractivity contribution in [2.75, 3.05) is 0 Å². The van der Waals surface area contributed by atoms with Gasteiger partial charge in [-0.15, -0.1) is 13.2 Å². The normalized spacial score (nSPS) is 15.5. The molecule has 0 spiro atoms. The lowest BCUT2D eigenvalue weighted by atomic mass is 9.91. The van der Waals surface area contributed by atoms with Crippen molar-refractivity contribution in [2.45, 2.75) is 64.6 Å². The summed E-state index contributed by atoms with van der Waals surface area (Å²) in [7, 11) is 0. The van der Waals surface area contributed by atoms with Gasteiger partial charge in [0.2, 0.25) is 0 Å². The summed E-state index contributed by atoms with van der Waals surface area (Å²) in [6, 6.07) is 4.19. The molecule has 1 fully saturated rings. The fourth-order valence-corrected chi connectivity index (χ4v) is 2.85. The molecule has 8 heteroatoms. The second-order valence-corrected chi connectivity index (χ2v) is 7.91. The molecular weight excluding hydrogens is 403 g/mol. The molecule has 0 unspecified atom stereocenters. The van der Waals surface area contributed by atoms with Crippen LogP contribution in [0, 0.1) is 0 Å². The minimum Gasteiger partial charge on any atom is -0.444 e. The van der Waals surface area contributed by atoms with Gasteiger partial charge in [0.05, 0.1) is 6.54 Å². The molecule has 0 aliphatic heterocycles. The number of ether oxygens (including phenoxy) is 2. The van der Waals surface area contributed by atoms with Crippen LogP contribution in [-0.2, 0) is 11.3 Å². The van der Waals surface area contributed by atoms with Crippen molar-refractivity contribution in [3.05, 3.63) is 28.2 Å². The summed E-state index contributed by atoms with van der Waals surface area (Å²) in [5, 5.41) is 0. The first-order valence-corrected chi connectivity index (χ1v) is 8.78. The molecule has 0 aromatic heterocycles. The molecule has 0 bridgehead atoms. The van der Waals surface area contributed by atoms with Gasteiger partial charge in [-0.25, -0.2) is 4.79 Å². The fraction of sp³-hybridized carbons (Fsp3) is 0.588. The van der Waals surface area contributed by atoms with E-state index in [1.54, 1.807) is 20.8 Å². The van der Waals surface area contributed by atoms with Gasteiger partial charge < -0.3 is 14.4 Å². The molecule has 0 N–H and O–H groups in total. The minimum absolute atomic E-state index is 0.00949. The molecule has 1 aromatic rings. The van der Waals surface area contributed by atoms with E-state index in [9.17, 15) is 18.0 Å². The number of carbonyl (C=O) groups excluding carboxylic acids is 1. The third kappa shape index (κ3) is 6.09. The van der Waals surface area contributed by atoms with E-state index >= 15 is 0 Å². The fourth-order valence-electron chi connectivity index (χ4n) is 2.44. The third-order valence-electron chi connectivity index (χ3n) is 3.73.